The second-order valence-corrected chi connectivity index (χ2v) is 4.58. The minimum absolute atomic E-state index is 0.554. The molecule has 19 heavy (non-hydrogen) atoms. The molecule has 0 atom stereocenters. The zero-order valence-electron chi connectivity index (χ0n) is 11.8. The highest BCUT2D eigenvalue weighted by Crippen LogP contribution is 2.26. The summed E-state index contributed by atoms with van der Waals surface area (Å²) < 4.78 is 10.5. The molecule has 2 nitrogen and oxygen atoms in total. The van der Waals surface area contributed by atoms with Crippen LogP contribution in [0.1, 0.15) is 24.5 Å². The van der Waals surface area contributed by atoms with E-state index in [1.54, 1.807) is 7.11 Å². The zero-order valence-corrected chi connectivity index (χ0v) is 12.5. The molecule has 0 radical (unpaired) electrons. The van der Waals surface area contributed by atoms with Crippen molar-refractivity contribution in [1.29, 1.82) is 0 Å². The van der Waals surface area contributed by atoms with Crippen molar-refractivity contribution in [3.05, 3.63) is 47.6 Å². The predicted molar refractivity (Wildman–Crippen MR) is 81.8 cm³/mol. The van der Waals surface area contributed by atoms with Crippen molar-refractivity contribution in [3.63, 3.8) is 0 Å². The fourth-order valence-corrected chi connectivity index (χ4v) is 1.90. The van der Waals surface area contributed by atoms with Crippen LogP contribution >= 0.6 is 11.6 Å². The van der Waals surface area contributed by atoms with Gasteiger partial charge >= 0.3 is 0 Å². The van der Waals surface area contributed by atoms with Crippen molar-refractivity contribution in [2.45, 2.75) is 20.3 Å². The number of rotatable bonds is 7. The summed E-state index contributed by atoms with van der Waals surface area (Å²) >= 11 is 6.28. The van der Waals surface area contributed by atoms with Gasteiger partial charge in [-0.15, -0.1) is 0 Å². The summed E-state index contributed by atoms with van der Waals surface area (Å²) in [5.74, 6) is 0.840. The number of hydrogen-bond acceptors (Lipinski definition) is 2. The average Bonchev–Trinajstić information content (AvgIpc) is 2.39. The van der Waals surface area contributed by atoms with Gasteiger partial charge in [-0.2, -0.15) is 0 Å². The summed E-state index contributed by atoms with van der Waals surface area (Å²) in [5, 5.41) is 0.741. The molecule has 0 amide bonds. The lowest BCUT2D eigenvalue weighted by Gasteiger charge is -2.09. The quantitative estimate of drug-likeness (QED) is 0.538. The van der Waals surface area contributed by atoms with Crippen LogP contribution in [0.25, 0.3) is 5.03 Å². The van der Waals surface area contributed by atoms with E-state index in [0.29, 0.717) is 13.2 Å². The molecule has 0 unspecified atom stereocenters. The van der Waals surface area contributed by atoms with E-state index in [4.69, 9.17) is 21.1 Å². The number of halogens is 1. The van der Waals surface area contributed by atoms with Gasteiger partial charge in [0.2, 0.25) is 0 Å². The van der Waals surface area contributed by atoms with E-state index in [-0.39, 0.29) is 0 Å². The molecule has 0 heterocycles. The van der Waals surface area contributed by atoms with Crippen LogP contribution in [0.4, 0.5) is 0 Å². The first-order chi connectivity index (χ1) is 9.19. The Kier molecular flexibility index (Phi) is 7.31. The minimum Gasteiger partial charge on any atom is -0.491 e. The van der Waals surface area contributed by atoms with Crippen molar-refractivity contribution < 1.29 is 9.47 Å². The summed E-state index contributed by atoms with van der Waals surface area (Å²) in [6, 6.07) is 5.90. The van der Waals surface area contributed by atoms with Crippen molar-refractivity contribution in [2.75, 3.05) is 20.3 Å². The molecule has 0 saturated heterocycles. The second-order valence-electron chi connectivity index (χ2n) is 4.17. The number of aryl methyl sites for hydroxylation is 1. The van der Waals surface area contributed by atoms with Crippen molar-refractivity contribution in [2.24, 2.45) is 0 Å². The van der Waals surface area contributed by atoms with Crippen LogP contribution in [0.5, 0.6) is 5.75 Å². The molecule has 3 heteroatoms. The molecule has 0 spiro atoms. The van der Waals surface area contributed by atoms with Gasteiger partial charge in [0.1, 0.15) is 12.4 Å². The Hall–Kier alpha value is -1.25. The van der Waals surface area contributed by atoms with E-state index < -0.39 is 0 Å². The highest BCUT2D eigenvalue weighted by Gasteiger charge is 2.03. The number of hydrogen-bond donors (Lipinski definition) is 0. The van der Waals surface area contributed by atoms with Gasteiger partial charge in [-0.1, -0.05) is 30.7 Å². The smallest absolute Gasteiger partial charge is 0.119 e. The van der Waals surface area contributed by atoms with Crippen molar-refractivity contribution in [1.82, 2.24) is 0 Å². The molecule has 0 saturated carbocycles. The van der Waals surface area contributed by atoms with Gasteiger partial charge in [0.05, 0.1) is 6.61 Å². The van der Waals surface area contributed by atoms with Gasteiger partial charge in [-0.25, -0.2) is 0 Å². The van der Waals surface area contributed by atoms with E-state index in [2.05, 4.69) is 13.0 Å². The molecule has 0 aliphatic rings. The highest BCUT2D eigenvalue weighted by atomic mass is 35.5. The molecule has 0 bridgehead atoms. The van der Waals surface area contributed by atoms with Gasteiger partial charge in [0, 0.05) is 12.1 Å². The van der Waals surface area contributed by atoms with Gasteiger partial charge in [0.25, 0.3) is 0 Å². The molecule has 0 aliphatic heterocycles. The lowest BCUT2D eigenvalue weighted by Crippen LogP contribution is -2.04. The van der Waals surface area contributed by atoms with Gasteiger partial charge in [0.15, 0.2) is 0 Å². The van der Waals surface area contributed by atoms with Crippen LogP contribution in [0.15, 0.2) is 36.4 Å². The third kappa shape index (κ3) is 5.50. The maximum atomic E-state index is 6.28. The Balaban J connectivity index is 2.76. The first-order valence-electron chi connectivity index (χ1n) is 6.44. The summed E-state index contributed by atoms with van der Waals surface area (Å²) in [5.41, 5.74) is 2.13. The Bertz CT molecular complexity index is 450. The van der Waals surface area contributed by atoms with E-state index in [0.717, 1.165) is 28.3 Å². The van der Waals surface area contributed by atoms with Gasteiger partial charge < -0.3 is 9.47 Å². The molecular formula is C16H21ClO2. The monoisotopic (exact) mass is 280 g/mol. The van der Waals surface area contributed by atoms with Gasteiger partial charge in [-0.05, 0) is 48.7 Å². The number of methoxy groups -OCH3 is 1. The Morgan fingerprint density at radius 3 is 2.74 bits per heavy atom. The van der Waals surface area contributed by atoms with Crippen LogP contribution in [-0.4, -0.2) is 20.3 Å². The zero-order chi connectivity index (χ0) is 14.1. The summed E-state index contributed by atoms with van der Waals surface area (Å²) in [6.07, 6.45) is 6.97. The van der Waals surface area contributed by atoms with E-state index in [1.807, 2.05) is 37.3 Å². The molecule has 0 N–H and O–H groups in total. The SMILES string of the molecule is CC/C=C/C=C(/Cl)c1ccc(OCCOC)cc1C. The van der Waals surface area contributed by atoms with Crippen LogP contribution in [0.3, 0.4) is 0 Å². The lowest BCUT2D eigenvalue weighted by molar-refractivity contribution is 0.146. The predicted octanol–water partition coefficient (Wildman–Crippen LogP) is 4.57. The van der Waals surface area contributed by atoms with Crippen LogP contribution in [0, 0.1) is 6.92 Å². The fourth-order valence-electron chi connectivity index (χ4n) is 1.62. The largest absolute Gasteiger partial charge is 0.491 e. The van der Waals surface area contributed by atoms with E-state index in [9.17, 15) is 0 Å². The Morgan fingerprint density at radius 1 is 1.32 bits per heavy atom. The topological polar surface area (TPSA) is 18.5 Å². The Labute approximate surface area is 120 Å². The molecule has 1 aromatic carbocycles. The van der Waals surface area contributed by atoms with E-state index in [1.165, 1.54) is 0 Å². The summed E-state index contributed by atoms with van der Waals surface area (Å²) in [4.78, 5) is 0. The van der Waals surface area contributed by atoms with Crippen molar-refractivity contribution in [3.8, 4) is 5.75 Å². The third-order valence-corrected chi connectivity index (χ3v) is 2.96. The van der Waals surface area contributed by atoms with Gasteiger partial charge in [-0.3, -0.25) is 0 Å². The maximum Gasteiger partial charge on any atom is 0.119 e. The summed E-state index contributed by atoms with van der Waals surface area (Å²) in [6.45, 7) is 5.26. The fraction of sp³-hybridized carbons (Fsp3) is 0.375. The van der Waals surface area contributed by atoms with E-state index >= 15 is 0 Å². The van der Waals surface area contributed by atoms with Crippen molar-refractivity contribution >= 4 is 16.6 Å². The van der Waals surface area contributed by atoms with Crippen LogP contribution < -0.4 is 4.74 Å². The van der Waals surface area contributed by atoms with Crippen LogP contribution in [0.2, 0.25) is 0 Å². The normalized spacial score (nSPS) is 12.1. The molecule has 0 aliphatic carbocycles. The maximum absolute atomic E-state index is 6.28. The average molecular weight is 281 g/mol. The first kappa shape index (κ1) is 15.8. The molecule has 1 aromatic rings. The Morgan fingerprint density at radius 2 is 2.11 bits per heavy atom. The molecule has 1 rings (SSSR count). The molecule has 104 valence electrons. The molecule has 0 fully saturated rings. The lowest BCUT2D eigenvalue weighted by atomic mass is 10.1. The molecular weight excluding hydrogens is 260 g/mol. The number of ether oxygens (including phenoxy) is 2. The molecule has 0 aromatic heterocycles. The third-order valence-electron chi connectivity index (χ3n) is 2.63. The summed E-state index contributed by atoms with van der Waals surface area (Å²) in [7, 11) is 1.66. The number of allylic oxidation sites excluding steroid dienone is 3. The highest BCUT2D eigenvalue weighted by molar-refractivity contribution is 6.49. The minimum atomic E-state index is 0.554. The first-order valence-corrected chi connectivity index (χ1v) is 6.82. The second kappa shape index (κ2) is 8.78. The van der Waals surface area contributed by atoms with Crippen LogP contribution in [-0.2, 0) is 4.74 Å². The standard InChI is InChI=1S/C16H21ClO2/c1-4-5-6-7-16(17)15-9-8-14(12-13(15)2)19-11-10-18-3/h5-9,12H,4,10-11H2,1-3H3/b6-5+,16-7+. The number of benzene rings is 1.